The van der Waals surface area contributed by atoms with Crippen LogP contribution in [0.4, 0.5) is 5.69 Å². The molecule has 0 radical (unpaired) electrons. The summed E-state index contributed by atoms with van der Waals surface area (Å²) in [6, 6.07) is 7.99. The zero-order valence-corrected chi connectivity index (χ0v) is 10.1. The van der Waals surface area contributed by atoms with Crippen LogP contribution in [0, 0.1) is 0 Å². The molecular weight excluding hydrogens is 198 g/mol. The molecule has 0 bridgehead atoms. The van der Waals surface area contributed by atoms with Gasteiger partial charge in [-0.05, 0) is 31.9 Å². The highest BCUT2D eigenvalue weighted by atomic mass is 16.2. The largest absolute Gasteiger partial charge is 0.314 e. The van der Waals surface area contributed by atoms with E-state index in [1.165, 1.54) is 0 Å². The first kappa shape index (κ1) is 10.9. The normalized spacial score (nSPS) is 23.4. The number of amides is 1. The molecule has 0 spiro atoms. The standard InChI is InChI=1S/C14H17NO/c1-10(2)9-14(3)11-7-5-6-8-12(11)15(4)13(14)16/h5-8H,1,9H2,2-4H3. The van der Waals surface area contributed by atoms with Crippen molar-refractivity contribution in [3.05, 3.63) is 42.0 Å². The van der Waals surface area contributed by atoms with Crippen LogP contribution in [-0.2, 0) is 10.2 Å². The summed E-state index contributed by atoms with van der Waals surface area (Å²) in [7, 11) is 1.84. The molecule has 0 aromatic heterocycles. The van der Waals surface area contributed by atoms with Gasteiger partial charge in [0.25, 0.3) is 0 Å². The number of carbonyl (C=O) groups excluding carboxylic acids is 1. The summed E-state index contributed by atoms with van der Waals surface area (Å²) in [5.74, 6) is 0.164. The Labute approximate surface area is 96.6 Å². The third-order valence-electron chi connectivity index (χ3n) is 3.29. The fraction of sp³-hybridized carbons (Fsp3) is 0.357. The third-order valence-corrected chi connectivity index (χ3v) is 3.29. The molecule has 1 unspecified atom stereocenters. The Morgan fingerprint density at radius 1 is 1.44 bits per heavy atom. The van der Waals surface area contributed by atoms with Crippen molar-refractivity contribution in [3.8, 4) is 0 Å². The highest BCUT2D eigenvalue weighted by molar-refractivity contribution is 6.07. The second-order valence-corrected chi connectivity index (χ2v) is 4.85. The second kappa shape index (κ2) is 3.48. The van der Waals surface area contributed by atoms with Crippen molar-refractivity contribution in [2.75, 3.05) is 11.9 Å². The number of fused-ring (bicyclic) bond motifs is 1. The Balaban J connectivity index is 2.56. The summed E-state index contributed by atoms with van der Waals surface area (Å²) >= 11 is 0. The molecule has 0 saturated carbocycles. The Bertz CT molecular complexity index is 464. The molecule has 0 N–H and O–H groups in total. The van der Waals surface area contributed by atoms with Crippen molar-refractivity contribution in [2.24, 2.45) is 0 Å². The van der Waals surface area contributed by atoms with E-state index in [1.54, 1.807) is 4.90 Å². The number of anilines is 1. The lowest BCUT2D eigenvalue weighted by Gasteiger charge is -2.23. The molecule has 1 amide bonds. The van der Waals surface area contributed by atoms with E-state index in [9.17, 15) is 4.79 Å². The van der Waals surface area contributed by atoms with Gasteiger partial charge in [0.2, 0.25) is 5.91 Å². The van der Waals surface area contributed by atoms with Crippen LogP contribution >= 0.6 is 0 Å². The average Bonchev–Trinajstić information content (AvgIpc) is 2.42. The Kier molecular flexibility index (Phi) is 2.38. The van der Waals surface area contributed by atoms with Crippen molar-refractivity contribution in [2.45, 2.75) is 25.7 Å². The lowest BCUT2D eigenvalue weighted by atomic mass is 9.79. The smallest absolute Gasteiger partial charge is 0.237 e. The summed E-state index contributed by atoms with van der Waals surface area (Å²) in [6.07, 6.45) is 0.715. The number of allylic oxidation sites excluding steroid dienone is 1. The number of rotatable bonds is 2. The van der Waals surface area contributed by atoms with E-state index in [0.29, 0.717) is 6.42 Å². The SMILES string of the molecule is C=C(C)CC1(C)C(=O)N(C)c2ccccc21. The highest BCUT2D eigenvalue weighted by Crippen LogP contribution is 2.44. The fourth-order valence-electron chi connectivity index (χ4n) is 2.60. The number of nitrogens with zero attached hydrogens (tertiary/aromatic N) is 1. The first-order valence-electron chi connectivity index (χ1n) is 5.49. The zero-order valence-electron chi connectivity index (χ0n) is 10.1. The Hall–Kier alpha value is -1.57. The molecule has 16 heavy (non-hydrogen) atoms. The summed E-state index contributed by atoms with van der Waals surface area (Å²) in [5.41, 5.74) is 2.75. The van der Waals surface area contributed by atoms with Gasteiger partial charge in [0.15, 0.2) is 0 Å². The molecule has 84 valence electrons. The Morgan fingerprint density at radius 3 is 2.69 bits per heavy atom. The molecule has 0 fully saturated rings. The van der Waals surface area contributed by atoms with Crippen molar-refractivity contribution in [1.29, 1.82) is 0 Å². The van der Waals surface area contributed by atoms with Gasteiger partial charge in [-0.25, -0.2) is 0 Å². The molecule has 0 saturated heterocycles. The topological polar surface area (TPSA) is 20.3 Å². The molecule has 2 heteroatoms. The molecule has 1 aromatic rings. The first-order valence-corrected chi connectivity index (χ1v) is 5.49. The number of hydrogen-bond acceptors (Lipinski definition) is 1. The quantitative estimate of drug-likeness (QED) is 0.695. The second-order valence-electron chi connectivity index (χ2n) is 4.85. The van der Waals surface area contributed by atoms with Gasteiger partial charge in [-0.1, -0.05) is 23.8 Å². The highest BCUT2D eigenvalue weighted by Gasteiger charge is 2.45. The van der Waals surface area contributed by atoms with E-state index in [1.807, 2.05) is 45.2 Å². The van der Waals surface area contributed by atoms with E-state index in [-0.39, 0.29) is 5.91 Å². The summed E-state index contributed by atoms with van der Waals surface area (Å²) in [6.45, 7) is 7.90. The minimum atomic E-state index is -0.433. The van der Waals surface area contributed by atoms with Crippen molar-refractivity contribution in [3.63, 3.8) is 0 Å². The van der Waals surface area contributed by atoms with Crippen LogP contribution in [0.1, 0.15) is 25.8 Å². The van der Waals surface area contributed by atoms with E-state index in [2.05, 4.69) is 6.58 Å². The number of hydrogen-bond donors (Lipinski definition) is 0. The van der Waals surface area contributed by atoms with E-state index in [0.717, 1.165) is 16.8 Å². The van der Waals surface area contributed by atoms with Crippen LogP contribution < -0.4 is 4.90 Å². The van der Waals surface area contributed by atoms with Gasteiger partial charge in [0.05, 0.1) is 5.41 Å². The fourth-order valence-corrected chi connectivity index (χ4v) is 2.60. The van der Waals surface area contributed by atoms with Crippen LogP contribution in [0.15, 0.2) is 36.4 Å². The van der Waals surface area contributed by atoms with Gasteiger partial charge >= 0.3 is 0 Å². The number of benzene rings is 1. The predicted octanol–water partition coefficient (Wildman–Crippen LogP) is 2.89. The van der Waals surface area contributed by atoms with Gasteiger partial charge < -0.3 is 4.90 Å². The van der Waals surface area contributed by atoms with Crippen LogP contribution in [-0.4, -0.2) is 13.0 Å². The maximum atomic E-state index is 12.3. The summed E-state index contributed by atoms with van der Waals surface area (Å²) in [4.78, 5) is 14.1. The van der Waals surface area contributed by atoms with Gasteiger partial charge in [0, 0.05) is 12.7 Å². The van der Waals surface area contributed by atoms with E-state index < -0.39 is 5.41 Å². The summed E-state index contributed by atoms with van der Waals surface area (Å²) in [5, 5.41) is 0. The van der Waals surface area contributed by atoms with Crippen molar-refractivity contribution in [1.82, 2.24) is 0 Å². The molecule has 1 aliphatic heterocycles. The minimum absolute atomic E-state index is 0.164. The first-order chi connectivity index (χ1) is 7.47. The van der Waals surface area contributed by atoms with Crippen LogP contribution in [0.2, 0.25) is 0 Å². The maximum absolute atomic E-state index is 12.3. The molecule has 1 heterocycles. The van der Waals surface area contributed by atoms with Gasteiger partial charge in [-0.3, -0.25) is 4.79 Å². The number of para-hydroxylation sites is 1. The molecular formula is C14H17NO. The van der Waals surface area contributed by atoms with E-state index in [4.69, 9.17) is 0 Å². The monoisotopic (exact) mass is 215 g/mol. The van der Waals surface area contributed by atoms with Crippen molar-refractivity contribution < 1.29 is 4.79 Å². The zero-order chi connectivity index (χ0) is 11.9. The number of carbonyl (C=O) groups is 1. The Morgan fingerprint density at radius 2 is 2.06 bits per heavy atom. The average molecular weight is 215 g/mol. The molecule has 2 rings (SSSR count). The predicted molar refractivity (Wildman–Crippen MR) is 66.6 cm³/mol. The maximum Gasteiger partial charge on any atom is 0.237 e. The lowest BCUT2D eigenvalue weighted by molar-refractivity contribution is -0.122. The third kappa shape index (κ3) is 1.37. The van der Waals surface area contributed by atoms with Crippen molar-refractivity contribution >= 4 is 11.6 Å². The van der Waals surface area contributed by atoms with Gasteiger partial charge in [0.1, 0.15) is 0 Å². The van der Waals surface area contributed by atoms with Crippen LogP contribution in [0.25, 0.3) is 0 Å². The molecule has 1 atom stereocenters. The molecule has 1 aliphatic rings. The van der Waals surface area contributed by atoms with Crippen LogP contribution in [0.3, 0.4) is 0 Å². The molecule has 1 aromatic carbocycles. The summed E-state index contributed by atoms with van der Waals surface area (Å²) < 4.78 is 0. The van der Waals surface area contributed by atoms with Crippen LogP contribution in [0.5, 0.6) is 0 Å². The minimum Gasteiger partial charge on any atom is -0.314 e. The lowest BCUT2D eigenvalue weighted by Crippen LogP contribution is -2.36. The molecule has 2 nitrogen and oxygen atoms in total. The van der Waals surface area contributed by atoms with Gasteiger partial charge in [-0.2, -0.15) is 0 Å². The van der Waals surface area contributed by atoms with Gasteiger partial charge in [-0.15, -0.1) is 6.58 Å². The van der Waals surface area contributed by atoms with E-state index >= 15 is 0 Å². The number of likely N-dealkylation sites (N-methyl/N-ethyl adjacent to an activating group) is 1. The molecule has 0 aliphatic carbocycles.